The molecule has 0 saturated carbocycles. The van der Waals surface area contributed by atoms with Gasteiger partial charge >= 0.3 is 105 Å². The minimum absolute atomic E-state index is 0.845. The maximum absolute atomic E-state index is 6.30. The van der Waals surface area contributed by atoms with Gasteiger partial charge in [0.1, 0.15) is 0 Å². The summed E-state index contributed by atoms with van der Waals surface area (Å²) in [4.78, 5) is 0. The molecule has 92 valence electrons. The van der Waals surface area contributed by atoms with Gasteiger partial charge in [0.15, 0.2) is 0 Å². The Morgan fingerprint density at radius 3 is 1.83 bits per heavy atom. The van der Waals surface area contributed by atoms with Crippen molar-refractivity contribution in [2.24, 2.45) is 0 Å². The van der Waals surface area contributed by atoms with Gasteiger partial charge in [0.25, 0.3) is 0 Å². The van der Waals surface area contributed by atoms with Crippen molar-refractivity contribution in [3.63, 3.8) is 0 Å². The van der Waals surface area contributed by atoms with Gasteiger partial charge in [-0.05, 0) is 0 Å². The molecule has 0 aromatic carbocycles. The number of nitrogens with zero attached hydrogens (tertiary/aromatic N) is 2. The van der Waals surface area contributed by atoms with Crippen molar-refractivity contribution in [2.75, 3.05) is 0 Å². The van der Waals surface area contributed by atoms with Crippen LogP contribution in [0.1, 0.15) is 0 Å². The molecule has 0 aliphatic carbocycles. The van der Waals surface area contributed by atoms with E-state index in [2.05, 4.69) is 28.1 Å². The first kappa shape index (κ1) is 10.1. The van der Waals surface area contributed by atoms with Gasteiger partial charge in [-0.3, -0.25) is 0 Å². The Hall–Kier alpha value is -1.88. The molecule has 0 atom stereocenters. The normalized spacial score (nSPS) is 23.3. The summed E-state index contributed by atoms with van der Waals surface area (Å²) in [6.07, 6.45) is 5.81. The van der Waals surface area contributed by atoms with Crippen LogP contribution in [0.25, 0.3) is 0 Å². The van der Waals surface area contributed by atoms with Gasteiger partial charge in [-0.15, -0.1) is 0 Å². The molecule has 1 spiro atoms. The first-order valence-corrected chi connectivity index (χ1v) is 9.43. The zero-order valence-corrected chi connectivity index (χ0v) is 11.2. The van der Waals surface area contributed by atoms with E-state index in [-0.39, 0.29) is 0 Å². The van der Waals surface area contributed by atoms with E-state index in [1.54, 1.807) is 0 Å². The second kappa shape index (κ2) is 2.92. The molecule has 4 heterocycles. The molecule has 0 unspecified atom stereocenters. The van der Waals surface area contributed by atoms with Crippen molar-refractivity contribution in [3.05, 3.63) is 48.8 Å². The van der Waals surface area contributed by atoms with Crippen molar-refractivity contribution in [2.45, 2.75) is 18.9 Å². The summed E-state index contributed by atoms with van der Waals surface area (Å²) in [5, 5.41) is 0. The number of hydrogen-bond acceptors (Lipinski definition) is 2. The average Bonchev–Trinajstić information content (AvgIpc) is 2.81. The molecule has 2 aromatic heterocycles. The van der Waals surface area contributed by atoms with Crippen LogP contribution in [-0.4, -0.2) is 7.84 Å². The Kier molecular flexibility index (Phi) is 1.64. The van der Waals surface area contributed by atoms with E-state index in [0.29, 0.717) is 0 Å². The second-order valence-corrected chi connectivity index (χ2v) is 10.7. The fraction of sp³-hybridized carbons (Fsp3) is 0.231. The maximum atomic E-state index is 6.30. The Labute approximate surface area is 106 Å². The average molecular weight is 259 g/mol. The monoisotopic (exact) mass is 259 g/mol. The Morgan fingerprint density at radius 2 is 1.39 bits per heavy atom. The van der Waals surface area contributed by atoms with E-state index < -0.39 is 7.84 Å². The van der Waals surface area contributed by atoms with E-state index >= 15 is 0 Å². The van der Waals surface area contributed by atoms with Crippen LogP contribution in [0.5, 0.6) is 11.8 Å². The third-order valence-corrected chi connectivity index (χ3v) is 7.57. The number of hydrogen-bond donors (Lipinski definition) is 0. The van der Waals surface area contributed by atoms with Gasteiger partial charge in [0.05, 0.1) is 0 Å². The SMILES string of the molecule is C[Si-]12(C[n+]3ccccc3O1)C[n+]1ccccc1O2. The third kappa shape index (κ3) is 1.25. The fourth-order valence-corrected chi connectivity index (χ4v) is 7.21. The Bertz CT molecular complexity index is 546. The molecule has 5 heteroatoms. The topological polar surface area (TPSA) is 26.2 Å². The van der Waals surface area contributed by atoms with Crippen molar-refractivity contribution in [1.29, 1.82) is 0 Å². The number of pyridine rings is 2. The van der Waals surface area contributed by atoms with Gasteiger partial charge in [-0.1, -0.05) is 0 Å². The van der Waals surface area contributed by atoms with E-state index in [1.807, 2.05) is 36.4 Å². The van der Waals surface area contributed by atoms with Gasteiger partial charge in [0.2, 0.25) is 0 Å². The zero-order valence-electron chi connectivity index (χ0n) is 10.2. The van der Waals surface area contributed by atoms with Crippen LogP contribution < -0.4 is 18.0 Å². The standard InChI is InChI=1S/C13H15N2O2Si/c1-18(10-14-8-4-2-6-12(14)16-18)11-15-9-5-3-7-13(15)17-18/h2-9H,10-11H2,1H3/q+1. The molecule has 0 N–H and O–H groups in total. The molecule has 18 heavy (non-hydrogen) atoms. The first-order chi connectivity index (χ1) is 8.64. The quantitative estimate of drug-likeness (QED) is 0.518. The zero-order chi connectivity index (χ0) is 12.2. The molecular weight excluding hydrogens is 244 g/mol. The molecule has 0 bridgehead atoms. The van der Waals surface area contributed by atoms with E-state index in [9.17, 15) is 0 Å². The number of fused-ring (bicyclic) bond motifs is 2. The van der Waals surface area contributed by atoms with Crippen molar-refractivity contribution in [1.82, 2.24) is 0 Å². The predicted octanol–water partition coefficient (Wildman–Crippen LogP) is 0.851. The van der Waals surface area contributed by atoms with Crippen LogP contribution in [0.3, 0.4) is 0 Å². The van der Waals surface area contributed by atoms with Crippen LogP contribution in [0.4, 0.5) is 0 Å². The third-order valence-electron chi connectivity index (χ3n) is 3.72. The molecule has 2 aliphatic rings. The van der Waals surface area contributed by atoms with Gasteiger partial charge < -0.3 is 0 Å². The minimum atomic E-state index is -2.91. The summed E-state index contributed by atoms with van der Waals surface area (Å²) in [5.41, 5.74) is 0. The van der Waals surface area contributed by atoms with Crippen molar-refractivity contribution in [3.8, 4) is 11.8 Å². The van der Waals surface area contributed by atoms with Gasteiger partial charge in [-0.2, -0.15) is 0 Å². The van der Waals surface area contributed by atoms with Crippen LogP contribution in [-0.2, 0) is 12.3 Å². The van der Waals surface area contributed by atoms with Crippen LogP contribution in [0.15, 0.2) is 48.8 Å². The van der Waals surface area contributed by atoms with Crippen LogP contribution >= 0.6 is 0 Å². The van der Waals surface area contributed by atoms with E-state index in [1.165, 1.54) is 0 Å². The molecule has 0 radical (unpaired) electrons. The fourth-order valence-electron chi connectivity index (χ4n) is 3.02. The molecule has 0 amide bonds. The summed E-state index contributed by atoms with van der Waals surface area (Å²) in [7, 11) is -2.91. The van der Waals surface area contributed by atoms with Crippen LogP contribution in [0.2, 0.25) is 6.55 Å². The van der Waals surface area contributed by atoms with Crippen molar-refractivity contribution >= 4 is 7.84 Å². The number of aromatic nitrogens is 2. The summed E-state index contributed by atoms with van der Waals surface area (Å²) < 4.78 is 16.9. The van der Waals surface area contributed by atoms with E-state index in [4.69, 9.17) is 8.85 Å². The second-order valence-electron chi connectivity index (χ2n) is 5.56. The summed E-state index contributed by atoms with van der Waals surface area (Å²) >= 11 is 0. The van der Waals surface area contributed by atoms with Crippen molar-refractivity contribution < 1.29 is 18.0 Å². The summed E-state index contributed by atoms with van der Waals surface area (Å²) in [5.74, 6) is 1.84. The molecule has 4 rings (SSSR count). The first-order valence-electron chi connectivity index (χ1n) is 6.20. The molecule has 0 fully saturated rings. The molecular formula is C13H15N2O2Si+. The Morgan fingerprint density at radius 1 is 0.889 bits per heavy atom. The van der Waals surface area contributed by atoms with Crippen LogP contribution in [0, 0.1) is 0 Å². The summed E-state index contributed by atoms with van der Waals surface area (Å²) in [6, 6.07) is 12.1. The van der Waals surface area contributed by atoms with Gasteiger partial charge in [-0.25, -0.2) is 0 Å². The van der Waals surface area contributed by atoms with E-state index in [0.717, 1.165) is 24.1 Å². The van der Waals surface area contributed by atoms with Gasteiger partial charge in [0, 0.05) is 0 Å². The molecule has 2 aromatic rings. The molecule has 4 nitrogen and oxygen atoms in total. The molecule has 0 saturated heterocycles. The Balaban J connectivity index is 1.80. The predicted molar refractivity (Wildman–Crippen MR) is 66.1 cm³/mol. The summed E-state index contributed by atoms with van der Waals surface area (Å²) in [6.45, 7) is 2.18. The molecule has 2 aliphatic heterocycles. The number of rotatable bonds is 0.